The standard InChI is InChI=1S/C27H26N2O3/c1-19(2)32-23-17-11-10-16-22(23)29-26(30)24(21-14-8-5-9-15-21)25(27(29)31)28(3)18-20-12-6-4-7-13-20/h4-17,19H,18H2,1-3H3. The number of benzene rings is 3. The topological polar surface area (TPSA) is 49.9 Å². The Bertz CT molecular complexity index is 1150. The van der Waals surface area contributed by atoms with Crippen LogP contribution in [-0.4, -0.2) is 29.9 Å². The van der Waals surface area contributed by atoms with Crippen molar-refractivity contribution in [1.29, 1.82) is 0 Å². The molecule has 32 heavy (non-hydrogen) atoms. The molecule has 1 heterocycles. The molecule has 2 amide bonds. The molecule has 162 valence electrons. The van der Waals surface area contributed by atoms with Gasteiger partial charge < -0.3 is 9.64 Å². The highest BCUT2D eigenvalue weighted by atomic mass is 16.5. The van der Waals surface area contributed by atoms with Gasteiger partial charge in [-0.25, -0.2) is 4.90 Å². The molecule has 3 aromatic carbocycles. The van der Waals surface area contributed by atoms with Crippen molar-refractivity contribution in [2.75, 3.05) is 11.9 Å². The predicted molar refractivity (Wildman–Crippen MR) is 126 cm³/mol. The summed E-state index contributed by atoms with van der Waals surface area (Å²) in [6, 6.07) is 26.4. The summed E-state index contributed by atoms with van der Waals surface area (Å²) < 4.78 is 5.91. The maximum Gasteiger partial charge on any atom is 0.282 e. The van der Waals surface area contributed by atoms with Crippen LogP contribution in [0.1, 0.15) is 25.0 Å². The second kappa shape index (κ2) is 9.10. The van der Waals surface area contributed by atoms with Crippen LogP contribution in [0.25, 0.3) is 5.57 Å². The lowest BCUT2D eigenvalue weighted by atomic mass is 10.0. The van der Waals surface area contributed by atoms with Crippen LogP contribution in [0.3, 0.4) is 0 Å². The lowest BCUT2D eigenvalue weighted by Crippen LogP contribution is -2.34. The maximum absolute atomic E-state index is 13.7. The van der Waals surface area contributed by atoms with Crippen LogP contribution < -0.4 is 9.64 Å². The van der Waals surface area contributed by atoms with E-state index in [-0.39, 0.29) is 17.9 Å². The number of likely N-dealkylation sites (N-methyl/N-ethyl adjacent to an activating group) is 1. The third-order valence-electron chi connectivity index (χ3n) is 5.24. The number of para-hydroxylation sites is 2. The van der Waals surface area contributed by atoms with Crippen molar-refractivity contribution >= 4 is 23.1 Å². The molecule has 4 rings (SSSR count). The zero-order valence-electron chi connectivity index (χ0n) is 18.5. The first-order valence-electron chi connectivity index (χ1n) is 10.7. The summed E-state index contributed by atoms with van der Waals surface area (Å²) >= 11 is 0. The number of carbonyl (C=O) groups is 2. The number of ether oxygens (including phenoxy) is 1. The van der Waals surface area contributed by atoms with E-state index in [4.69, 9.17) is 4.74 Å². The van der Waals surface area contributed by atoms with Crippen LogP contribution in [0.2, 0.25) is 0 Å². The molecule has 0 bridgehead atoms. The number of nitrogens with zero attached hydrogens (tertiary/aromatic N) is 2. The molecule has 5 heteroatoms. The van der Waals surface area contributed by atoms with Crippen LogP contribution in [0.15, 0.2) is 90.6 Å². The molecule has 0 radical (unpaired) electrons. The number of carbonyl (C=O) groups excluding carboxylic acids is 2. The van der Waals surface area contributed by atoms with Gasteiger partial charge in [-0.15, -0.1) is 0 Å². The molecular formula is C27H26N2O3. The van der Waals surface area contributed by atoms with Crippen molar-refractivity contribution in [1.82, 2.24) is 4.90 Å². The van der Waals surface area contributed by atoms with E-state index in [1.807, 2.05) is 92.5 Å². The summed E-state index contributed by atoms with van der Waals surface area (Å²) in [5.74, 6) is -0.202. The average Bonchev–Trinajstić information content (AvgIpc) is 3.05. The first kappa shape index (κ1) is 21.4. The third kappa shape index (κ3) is 4.14. The van der Waals surface area contributed by atoms with E-state index >= 15 is 0 Å². The van der Waals surface area contributed by atoms with E-state index in [0.717, 1.165) is 5.56 Å². The van der Waals surface area contributed by atoms with E-state index in [1.54, 1.807) is 18.2 Å². The number of hydrogen-bond acceptors (Lipinski definition) is 4. The highest BCUT2D eigenvalue weighted by Gasteiger charge is 2.42. The number of hydrogen-bond donors (Lipinski definition) is 0. The fraction of sp³-hybridized carbons (Fsp3) is 0.185. The molecule has 0 saturated carbocycles. The van der Waals surface area contributed by atoms with E-state index in [9.17, 15) is 9.59 Å². The molecule has 1 aliphatic heterocycles. The number of amides is 2. The second-order valence-corrected chi connectivity index (χ2v) is 8.01. The van der Waals surface area contributed by atoms with Crippen LogP contribution in [0.5, 0.6) is 5.75 Å². The molecule has 1 aliphatic rings. The molecule has 0 atom stereocenters. The summed E-state index contributed by atoms with van der Waals surface area (Å²) in [4.78, 5) is 30.5. The van der Waals surface area contributed by atoms with Gasteiger partial charge in [-0.1, -0.05) is 72.8 Å². The van der Waals surface area contributed by atoms with Crippen molar-refractivity contribution in [2.45, 2.75) is 26.5 Å². The second-order valence-electron chi connectivity index (χ2n) is 8.01. The van der Waals surface area contributed by atoms with Crippen molar-refractivity contribution in [2.24, 2.45) is 0 Å². The molecule has 3 aromatic rings. The Morgan fingerprint density at radius 3 is 2.06 bits per heavy atom. The monoisotopic (exact) mass is 426 g/mol. The first-order chi connectivity index (χ1) is 15.5. The minimum absolute atomic E-state index is 0.0919. The highest BCUT2D eigenvalue weighted by molar-refractivity contribution is 6.45. The Morgan fingerprint density at radius 1 is 0.812 bits per heavy atom. The van der Waals surface area contributed by atoms with Gasteiger partial charge in [0, 0.05) is 13.6 Å². The zero-order chi connectivity index (χ0) is 22.7. The number of anilines is 1. The molecule has 0 spiro atoms. The van der Waals surface area contributed by atoms with Gasteiger partial charge in [0.25, 0.3) is 11.8 Å². The van der Waals surface area contributed by atoms with Gasteiger partial charge in [0.2, 0.25) is 0 Å². The Labute approximate surface area is 188 Å². The van der Waals surface area contributed by atoms with Gasteiger partial charge in [-0.3, -0.25) is 9.59 Å². The van der Waals surface area contributed by atoms with E-state index in [0.29, 0.717) is 34.8 Å². The minimum atomic E-state index is -0.355. The van der Waals surface area contributed by atoms with E-state index < -0.39 is 0 Å². The minimum Gasteiger partial charge on any atom is -0.489 e. The van der Waals surface area contributed by atoms with E-state index in [1.165, 1.54) is 4.90 Å². The van der Waals surface area contributed by atoms with Gasteiger partial charge in [0.15, 0.2) is 0 Å². The smallest absolute Gasteiger partial charge is 0.282 e. The highest BCUT2D eigenvalue weighted by Crippen LogP contribution is 2.38. The summed E-state index contributed by atoms with van der Waals surface area (Å²) in [7, 11) is 1.84. The van der Waals surface area contributed by atoms with Crippen LogP contribution in [-0.2, 0) is 16.1 Å². The van der Waals surface area contributed by atoms with Gasteiger partial charge in [-0.05, 0) is 37.1 Å². The molecule has 0 fully saturated rings. The Balaban J connectivity index is 1.79. The van der Waals surface area contributed by atoms with Gasteiger partial charge in [0.05, 0.1) is 17.4 Å². The largest absolute Gasteiger partial charge is 0.489 e. The fourth-order valence-corrected chi connectivity index (χ4v) is 3.89. The number of imide groups is 1. The summed E-state index contributed by atoms with van der Waals surface area (Å²) in [6.07, 6.45) is -0.0919. The van der Waals surface area contributed by atoms with Gasteiger partial charge in [-0.2, -0.15) is 0 Å². The Morgan fingerprint density at radius 2 is 1.41 bits per heavy atom. The van der Waals surface area contributed by atoms with E-state index in [2.05, 4.69) is 0 Å². The van der Waals surface area contributed by atoms with Gasteiger partial charge >= 0.3 is 0 Å². The Hall–Kier alpha value is -3.86. The van der Waals surface area contributed by atoms with Crippen LogP contribution in [0.4, 0.5) is 5.69 Å². The quantitative estimate of drug-likeness (QED) is 0.505. The predicted octanol–water partition coefficient (Wildman–Crippen LogP) is 4.89. The molecule has 5 nitrogen and oxygen atoms in total. The molecule has 0 N–H and O–H groups in total. The summed E-state index contributed by atoms with van der Waals surface area (Å²) in [5, 5.41) is 0. The molecular weight excluding hydrogens is 400 g/mol. The maximum atomic E-state index is 13.7. The zero-order valence-corrected chi connectivity index (χ0v) is 18.5. The SMILES string of the molecule is CC(C)Oc1ccccc1N1C(=O)C(c2ccccc2)=C(N(C)Cc2ccccc2)C1=O. The molecule has 0 saturated heterocycles. The third-order valence-corrected chi connectivity index (χ3v) is 5.24. The summed E-state index contributed by atoms with van der Waals surface area (Å²) in [5.41, 5.74) is 2.99. The van der Waals surface area contributed by atoms with Crippen molar-refractivity contribution < 1.29 is 14.3 Å². The lowest BCUT2D eigenvalue weighted by molar-refractivity contribution is -0.120. The normalized spacial score (nSPS) is 13.8. The summed E-state index contributed by atoms with van der Waals surface area (Å²) in [6.45, 7) is 4.33. The first-order valence-corrected chi connectivity index (χ1v) is 10.7. The fourth-order valence-electron chi connectivity index (χ4n) is 3.89. The lowest BCUT2D eigenvalue weighted by Gasteiger charge is -2.23. The van der Waals surface area contributed by atoms with Crippen molar-refractivity contribution in [3.63, 3.8) is 0 Å². The van der Waals surface area contributed by atoms with Gasteiger partial charge in [0.1, 0.15) is 11.4 Å². The number of rotatable bonds is 7. The van der Waals surface area contributed by atoms with Crippen LogP contribution in [0, 0.1) is 0 Å². The van der Waals surface area contributed by atoms with Crippen molar-refractivity contribution in [3.8, 4) is 5.75 Å². The molecule has 0 aromatic heterocycles. The van der Waals surface area contributed by atoms with Crippen LogP contribution >= 0.6 is 0 Å². The Kier molecular flexibility index (Phi) is 6.08. The average molecular weight is 427 g/mol. The molecule has 0 aliphatic carbocycles. The molecule has 0 unspecified atom stereocenters. The van der Waals surface area contributed by atoms with Crippen molar-refractivity contribution in [3.05, 3.63) is 102 Å².